The fraction of sp³-hybridized carbons (Fsp3) is 0.218. The molecule has 1 unspecified atom stereocenters. The number of rotatable bonds is 11. The highest BCUT2D eigenvalue weighted by molar-refractivity contribution is 6.08. The standard InChI is InChI=1S/C55H53N2/c1-40(2)35-36-57-49-34-32-45-26-15-17-28-47(45)53(49)55(38-42-21-10-6-11-22-42,39-43-23-12-7-13-24-43)51(57)30-18-29-50-54(3,37-41-19-8-5-9-20-41)52-46-27-16-14-25-44(46)31-33-48(52)56(50)4/h5-34,40H,35-39H2,1-4H3/q+1. The number of benzene rings is 7. The summed E-state index contributed by atoms with van der Waals surface area (Å²) in [6.07, 6.45) is 11.1. The largest absolute Gasteiger partial charge is 0.344 e. The van der Waals surface area contributed by atoms with E-state index >= 15 is 0 Å². The molecule has 2 aliphatic rings. The van der Waals surface area contributed by atoms with Crippen LogP contribution < -0.4 is 4.90 Å². The molecule has 7 aromatic rings. The van der Waals surface area contributed by atoms with E-state index in [1.165, 1.54) is 72.1 Å². The third kappa shape index (κ3) is 6.61. The SMILES string of the molecule is CC(C)CCN1C(=CC=CC2=[N+](C)c3ccc4ccccc4c3C2(C)Cc2ccccc2)C(Cc2ccccc2)(Cc2ccccc2)c2c1ccc1ccccc21. The third-order valence-corrected chi connectivity index (χ3v) is 12.7. The van der Waals surface area contributed by atoms with E-state index in [1.807, 2.05) is 0 Å². The van der Waals surface area contributed by atoms with Crippen LogP contribution in [0.1, 0.15) is 55.0 Å². The molecule has 2 heterocycles. The average Bonchev–Trinajstić information content (AvgIpc) is 3.61. The summed E-state index contributed by atoms with van der Waals surface area (Å²) in [5, 5.41) is 5.28. The van der Waals surface area contributed by atoms with Gasteiger partial charge in [-0.2, -0.15) is 4.58 Å². The van der Waals surface area contributed by atoms with E-state index in [0.717, 1.165) is 32.2 Å². The van der Waals surface area contributed by atoms with Crippen LogP contribution in [-0.2, 0) is 30.1 Å². The molecule has 7 aromatic carbocycles. The Bertz CT molecular complexity index is 2610. The highest BCUT2D eigenvalue weighted by Gasteiger charge is 2.49. The van der Waals surface area contributed by atoms with Gasteiger partial charge in [-0.15, -0.1) is 0 Å². The first-order valence-electron chi connectivity index (χ1n) is 20.8. The molecule has 0 bridgehead atoms. The third-order valence-electron chi connectivity index (χ3n) is 12.7. The summed E-state index contributed by atoms with van der Waals surface area (Å²) < 4.78 is 2.45. The Kier molecular flexibility index (Phi) is 9.75. The molecule has 2 aliphatic heterocycles. The van der Waals surface area contributed by atoms with Gasteiger partial charge in [0.25, 0.3) is 0 Å². The van der Waals surface area contributed by atoms with Crippen LogP contribution in [0, 0.1) is 5.92 Å². The molecule has 282 valence electrons. The van der Waals surface area contributed by atoms with Crippen LogP contribution in [0.4, 0.5) is 11.4 Å². The summed E-state index contributed by atoms with van der Waals surface area (Å²) >= 11 is 0. The predicted molar refractivity (Wildman–Crippen MR) is 242 cm³/mol. The van der Waals surface area contributed by atoms with Crippen LogP contribution in [0.3, 0.4) is 0 Å². The minimum atomic E-state index is -0.307. The maximum atomic E-state index is 2.69. The Morgan fingerprint density at radius 2 is 1.09 bits per heavy atom. The van der Waals surface area contributed by atoms with E-state index in [2.05, 4.69) is 219 Å². The minimum Gasteiger partial charge on any atom is -0.344 e. The first-order valence-corrected chi connectivity index (χ1v) is 20.8. The average molecular weight is 742 g/mol. The quantitative estimate of drug-likeness (QED) is 0.120. The van der Waals surface area contributed by atoms with Crippen molar-refractivity contribution in [1.29, 1.82) is 0 Å². The Morgan fingerprint density at radius 1 is 0.579 bits per heavy atom. The molecule has 0 spiro atoms. The Labute approximate surface area is 339 Å². The van der Waals surface area contributed by atoms with Gasteiger partial charge in [0.2, 0.25) is 5.69 Å². The van der Waals surface area contributed by atoms with Gasteiger partial charge < -0.3 is 4.90 Å². The molecule has 2 nitrogen and oxygen atoms in total. The van der Waals surface area contributed by atoms with Crippen molar-refractivity contribution in [3.8, 4) is 0 Å². The van der Waals surface area contributed by atoms with Gasteiger partial charge >= 0.3 is 0 Å². The van der Waals surface area contributed by atoms with Crippen molar-refractivity contribution in [1.82, 2.24) is 0 Å². The van der Waals surface area contributed by atoms with Gasteiger partial charge in [-0.3, -0.25) is 0 Å². The molecule has 0 fully saturated rings. The van der Waals surface area contributed by atoms with Crippen molar-refractivity contribution in [3.63, 3.8) is 0 Å². The van der Waals surface area contributed by atoms with Crippen molar-refractivity contribution in [3.05, 3.63) is 216 Å². The molecular formula is C55H53N2+. The molecule has 0 aromatic heterocycles. The fourth-order valence-corrected chi connectivity index (χ4v) is 10.1. The Hall–Kier alpha value is -5.99. The summed E-state index contributed by atoms with van der Waals surface area (Å²) in [5.41, 5.74) is 11.7. The lowest BCUT2D eigenvalue weighted by molar-refractivity contribution is -0.401. The van der Waals surface area contributed by atoms with Gasteiger partial charge in [0.15, 0.2) is 5.71 Å². The second kappa shape index (κ2) is 15.2. The molecule has 0 saturated heterocycles. The highest BCUT2D eigenvalue weighted by atomic mass is 15.2. The van der Waals surface area contributed by atoms with Crippen LogP contribution in [0.15, 0.2) is 188 Å². The summed E-state index contributed by atoms with van der Waals surface area (Å²) in [4.78, 5) is 2.69. The molecule has 0 amide bonds. The van der Waals surface area contributed by atoms with Crippen LogP contribution in [-0.4, -0.2) is 23.9 Å². The zero-order chi connectivity index (χ0) is 39.0. The second-order valence-electron chi connectivity index (χ2n) is 17.0. The summed E-state index contributed by atoms with van der Waals surface area (Å²) in [6, 6.07) is 60.7. The van der Waals surface area contributed by atoms with Crippen LogP contribution in [0.5, 0.6) is 0 Å². The lowest BCUT2D eigenvalue weighted by Crippen LogP contribution is -2.36. The van der Waals surface area contributed by atoms with Gasteiger partial charge in [0, 0.05) is 41.1 Å². The number of fused-ring (bicyclic) bond motifs is 6. The van der Waals surface area contributed by atoms with Gasteiger partial charge in [-0.1, -0.05) is 166 Å². The topological polar surface area (TPSA) is 6.25 Å². The zero-order valence-electron chi connectivity index (χ0n) is 33.8. The van der Waals surface area contributed by atoms with Crippen molar-refractivity contribution in [2.75, 3.05) is 18.5 Å². The molecule has 0 saturated carbocycles. The number of nitrogens with zero attached hydrogens (tertiary/aromatic N) is 2. The molecular weight excluding hydrogens is 689 g/mol. The zero-order valence-corrected chi connectivity index (χ0v) is 33.8. The van der Waals surface area contributed by atoms with E-state index < -0.39 is 0 Å². The summed E-state index contributed by atoms with van der Waals surface area (Å²) in [5.74, 6) is 0.582. The highest BCUT2D eigenvalue weighted by Crippen LogP contribution is 2.55. The van der Waals surface area contributed by atoms with E-state index in [0.29, 0.717) is 5.92 Å². The molecule has 2 heteroatoms. The van der Waals surface area contributed by atoms with Gasteiger partial charge in [-0.25, -0.2) is 0 Å². The predicted octanol–water partition coefficient (Wildman–Crippen LogP) is 13.0. The molecule has 1 atom stereocenters. The van der Waals surface area contributed by atoms with Crippen LogP contribution in [0.2, 0.25) is 0 Å². The monoisotopic (exact) mass is 741 g/mol. The first kappa shape index (κ1) is 36.6. The lowest BCUT2D eigenvalue weighted by Gasteiger charge is -2.35. The number of hydrogen-bond acceptors (Lipinski definition) is 1. The lowest BCUT2D eigenvalue weighted by atomic mass is 9.69. The summed E-state index contributed by atoms with van der Waals surface area (Å²) in [7, 11) is 2.26. The summed E-state index contributed by atoms with van der Waals surface area (Å²) in [6.45, 7) is 8.13. The maximum absolute atomic E-state index is 2.69. The van der Waals surface area contributed by atoms with E-state index in [-0.39, 0.29) is 10.8 Å². The Balaban J connectivity index is 1.26. The number of hydrogen-bond donors (Lipinski definition) is 0. The Morgan fingerprint density at radius 3 is 1.67 bits per heavy atom. The molecule has 0 aliphatic carbocycles. The van der Waals surface area contributed by atoms with Gasteiger partial charge in [0.1, 0.15) is 7.05 Å². The van der Waals surface area contributed by atoms with Gasteiger partial charge in [-0.05, 0) is 101 Å². The van der Waals surface area contributed by atoms with Crippen molar-refractivity contribution in [2.24, 2.45) is 5.92 Å². The number of anilines is 1. The van der Waals surface area contributed by atoms with Crippen LogP contribution >= 0.6 is 0 Å². The van der Waals surface area contributed by atoms with Crippen LogP contribution in [0.25, 0.3) is 21.5 Å². The number of allylic oxidation sites excluding steroid dienone is 4. The van der Waals surface area contributed by atoms with Crippen molar-refractivity contribution >= 4 is 38.6 Å². The smallest absolute Gasteiger partial charge is 0.210 e. The molecule has 0 radical (unpaired) electrons. The maximum Gasteiger partial charge on any atom is 0.210 e. The van der Waals surface area contributed by atoms with Gasteiger partial charge in [0.05, 0.1) is 5.41 Å². The van der Waals surface area contributed by atoms with Crippen molar-refractivity contribution < 1.29 is 4.58 Å². The molecule has 57 heavy (non-hydrogen) atoms. The fourth-order valence-electron chi connectivity index (χ4n) is 10.1. The van der Waals surface area contributed by atoms with E-state index in [9.17, 15) is 0 Å². The van der Waals surface area contributed by atoms with E-state index in [1.54, 1.807) is 0 Å². The molecule has 0 N–H and O–H groups in total. The minimum absolute atomic E-state index is 0.237. The van der Waals surface area contributed by atoms with E-state index in [4.69, 9.17) is 0 Å². The normalized spacial score (nSPS) is 18.1. The first-order chi connectivity index (χ1) is 27.9. The molecule has 9 rings (SSSR count). The van der Waals surface area contributed by atoms with Crippen molar-refractivity contribution in [2.45, 2.75) is 57.3 Å². The second-order valence-corrected chi connectivity index (χ2v) is 17.0.